The number of halogens is 2. The second-order valence-corrected chi connectivity index (χ2v) is 6.99. The number of pyridine rings is 3. The van der Waals surface area contributed by atoms with Crippen LogP contribution in [-0.2, 0) is 26.5 Å². The first kappa shape index (κ1) is 22.4. The van der Waals surface area contributed by atoms with Crippen molar-refractivity contribution in [2.24, 2.45) is 0 Å². The number of nitrogens with zero attached hydrogens (tertiary/aromatic N) is 6. The molecule has 0 radical (unpaired) electrons. The van der Waals surface area contributed by atoms with E-state index in [4.69, 9.17) is 5.26 Å². The molecule has 0 spiro atoms. The van der Waals surface area contributed by atoms with Crippen LogP contribution in [0.5, 0.6) is 0 Å². The van der Waals surface area contributed by atoms with Crippen LogP contribution < -0.4 is 0 Å². The number of aromatic nitrogens is 5. The summed E-state index contributed by atoms with van der Waals surface area (Å²) in [5.41, 5.74) is 1.19. The molecule has 0 unspecified atom stereocenters. The standard InChI is InChI=1S/C22H14F2N6.Pt/c1-22(2,18-7-4-8-20(27-18)30-12-11-14(13-25)29-30)17-6-3-5-16(26-17)15-9-10-19(23)28-21(15)24;/h3-8,10-11H,1-2H3;/q-2;+2. The van der Waals surface area contributed by atoms with E-state index in [-0.39, 0.29) is 32.3 Å². The molecule has 0 aromatic carbocycles. The Bertz CT molecular complexity index is 1280. The average Bonchev–Trinajstić information content (AvgIpc) is 3.23. The summed E-state index contributed by atoms with van der Waals surface area (Å²) < 4.78 is 28.6. The number of hydrogen-bond acceptors (Lipinski definition) is 5. The van der Waals surface area contributed by atoms with Crippen molar-refractivity contribution in [1.82, 2.24) is 24.7 Å². The van der Waals surface area contributed by atoms with Crippen LogP contribution in [-0.4, -0.2) is 24.7 Å². The predicted octanol–water partition coefficient (Wildman–Crippen LogP) is 3.80. The molecule has 0 aliphatic heterocycles. The summed E-state index contributed by atoms with van der Waals surface area (Å²) in [6.45, 7) is 3.86. The Morgan fingerprint density at radius 3 is 2.39 bits per heavy atom. The van der Waals surface area contributed by atoms with Crippen LogP contribution in [0, 0.1) is 35.5 Å². The van der Waals surface area contributed by atoms with Crippen LogP contribution in [0.3, 0.4) is 0 Å². The van der Waals surface area contributed by atoms with Crippen molar-refractivity contribution in [3.05, 3.63) is 89.8 Å². The van der Waals surface area contributed by atoms with E-state index in [0.717, 1.165) is 6.07 Å². The van der Waals surface area contributed by atoms with E-state index in [1.54, 1.807) is 24.3 Å². The molecule has 0 aliphatic rings. The molecule has 0 N–H and O–H groups in total. The molecule has 0 amide bonds. The molecule has 0 atom stereocenters. The fourth-order valence-electron chi connectivity index (χ4n) is 2.96. The Morgan fingerprint density at radius 1 is 1.00 bits per heavy atom. The van der Waals surface area contributed by atoms with E-state index in [0.29, 0.717) is 22.9 Å². The van der Waals surface area contributed by atoms with Crippen LogP contribution in [0.2, 0.25) is 0 Å². The first-order valence-corrected chi connectivity index (χ1v) is 8.96. The normalized spacial score (nSPS) is 10.9. The molecular formula is C22H14F2N6Pt. The summed E-state index contributed by atoms with van der Waals surface area (Å²) in [6, 6.07) is 17.5. The summed E-state index contributed by atoms with van der Waals surface area (Å²) in [5, 5.41) is 13.1. The van der Waals surface area contributed by atoms with Crippen molar-refractivity contribution < 1.29 is 29.8 Å². The largest absolute Gasteiger partial charge is 2.00 e. The molecule has 4 rings (SSSR count). The van der Waals surface area contributed by atoms with Crippen molar-refractivity contribution in [2.75, 3.05) is 0 Å². The summed E-state index contributed by atoms with van der Waals surface area (Å²) in [4.78, 5) is 12.4. The molecule has 4 aromatic heterocycles. The maximum absolute atomic E-state index is 14.1. The first-order valence-electron chi connectivity index (χ1n) is 8.96. The number of hydrogen-bond donors (Lipinski definition) is 0. The molecule has 31 heavy (non-hydrogen) atoms. The Hall–Kier alpha value is -3.30. The molecule has 0 aliphatic carbocycles. The maximum Gasteiger partial charge on any atom is 2.00 e. The molecule has 4 aromatic rings. The zero-order valence-electron chi connectivity index (χ0n) is 16.4. The van der Waals surface area contributed by atoms with Gasteiger partial charge in [0.1, 0.15) is 11.9 Å². The van der Waals surface area contributed by atoms with E-state index in [1.165, 1.54) is 10.7 Å². The molecule has 156 valence electrons. The second kappa shape index (κ2) is 8.82. The van der Waals surface area contributed by atoms with Gasteiger partial charge < -0.3 is 9.67 Å². The fourth-order valence-corrected chi connectivity index (χ4v) is 2.96. The monoisotopic (exact) mass is 595 g/mol. The van der Waals surface area contributed by atoms with Gasteiger partial charge in [-0.3, -0.25) is 9.97 Å². The molecule has 0 bridgehead atoms. The van der Waals surface area contributed by atoms with Crippen LogP contribution in [0.15, 0.2) is 48.5 Å². The van der Waals surface area contributed by atoms with Crippen molar-refractivity contribution in [1.29, 1.82) is 5.26 Å². The van der Waals surface area contributed by atoms with E-state index in [2.05, 4.69) is 32.3 Å². The van der Waals surface area contributed by atoms with Crippen molar-refractivity contribution in [2.45, 2.75) is 19.3 Å². The summed E-state index contributed by atoms with van der Waals surface area (Å²) in [7, 11) is 0. The Morgan fingerprint density at radius 2 is 1.71 bits per heavy atom. The van der Waals surface area contributed by atoms with E-state index >= 15 is 0 Å². The topological polar surface area (TPSA) is 80.3 Å². The molecule has 9 heteroatoms. The van der Waals surface area contributed by atoms with Gasteiger partial charge >= 0.3 is 21.1 Å². The zero-order valence-corrected chi connectivity index (χ0v) is 18.6. The van der Waals surface area contributed by atoms with Gasteiger partial charge in [0.25, 0.3) is 0 Å². The minimum absolute atomic E-state index is 0. The Balaban J connectivity index is 0.00000272. The minimum Gasteiger partial charge on any atom is -0.342 e. The van der Waals surface area contributed by atoms with Gasteiger partial charge in [0.05, 0.1) is 17.6 Å². The van der Waals surface area contributed by atoms with E-state index < -0.39 is 17.3 Å². The smallest absolute Gasteiger partial charge is 0.342 e. The third-order valence-corrected chi connectivity index (χ3v) is 4.63. The van der Waals surface area contributed by atoms with Gasteiger partial charge in [-0.2, -0.15) is 0 Å². The summed E-state index contributed by atoms with van der Waals surface area (Å²) in [6.07, 6.45) is 2.85. The van der Waals surface area contributed by atoms with Gasteiger partial charge in [-0.25, -0.2) is 19.1 Å². The number of nitriles is 1. The molecule has 0 saturated heterocycles. The molecule has 0 fully saturated rings. The van der Waals surface area contributed by atoms with Gasteiger partial charge in [-0.15, -0.1) is 12.1 Å². The van der Waals surface area contributed by atoms with Crippen molar-refractivity contribution in [3.63, 3.8) is 0 Å². The van der Waals surface area contributed by atoms with E-state index in [9.17, 15) is 8.78 Å². The number of rotatable bonds is 4. The minimum atomic E-state index is -0.972. The zero-order chi connectivity index (χ0) is 21.3. The van der Waals surface area contributed by atoms with Crippen molar-refractivity contribution in [3.8, 4) is 23.1 Å². The van der Waals surface area contributed by atoms with Crippen LogP contribution >= 0.6 is 0 Å². The van der Waals surface area contributed by atoms with Gasteiger partial charge in [0, 0.05) is 16.8 Å². The Labute approximate surface area is 191 Å². The fraction of sp³-hybridized carbons (Fsp3) is 0.136. The predicted molar refractivity (Wildman–Crippen MR) is 103 cm³/mol. The molecule has 6 nitrogen and oxygen atoms in total. The molecular weight excluding hydrogens is 581 g/mol. The maximum atomic E-state index is 14.1. The Kier molecular flexibility index (Phi) is 6.37. The van der Waals surface area contributed by atoms with Crippen molar-refractivity contribution >= 4 is 0 Å². The summed E-state index contributed by atoms with van der Waals surface area (Å²) in [5.74, 6) is -1.41. The third-order valence-electron chi connectivity index (χ3n) is 4.63. The van der Waals surface area contributed by atoms with Crippen LogP contribution in [0.1, 0.15) is 30.9 Å². The quantitative estimate of drug-likeness (QED) is 0.265. The first-order chi connectivity index (χ1) is 14.4. The average molecular weight is 595 g/mol. The second-order valence-electron chi connectivity index (χ2n) is 6.99. The third kappa shape index (κ3) is 4.42. The SMILES string of the molecule is CC(C)(c1cccc(-c2[c-]cc(F)nc2F)n1)c1cccc(-n2[c-]cc(C#N)n2)n1.[Pt+2]. The van der Waals surface area contributed by atoms with Gasteiger partial charge in [0.2, 0.25) is 0 Å². The van der Waals surface area contributed by atoms with Crippen LogP contribution in [0.25, 0.3) is 17.1 Å². The van der Waals surface area contributed by atoms with Gasteiger partial charge in [-0.05, 0) is 31.7 Å². The van der Waals surface area contributed by atoms with Crippen LogP contribution in [0.4, 0.5) is 8.78 Å². The van der Waals surface area contributed by atoms with E-state index in [1.807, 2.05) is 32.0 Å². The molecule has 0 saturated carbocycles. The van der Waals surface area contributed by atoms with Gasteiger partial charge in [-0.1, -0.05) is 42.1 Å². The molecule has 4 heterocycles. The van der Waals surface area contributed by atoms with Gasteiger partial charge in [0.15, 0.2) is 0 Å². The summed E-state index contributed by atoms with van der Waals surface area (Å²) >= 11 is 0.